The highest BCUT2D eigenvalue weighted by Crippen LogP contribution is 2.24. The molecule has 0 aliphatic heterocycles. The van der Waals surface area contributed by atoms with Crippen molar-refractivity contribution in [3.05, 3.63) is 59.2 Å². The number of nitrogens with zero attached hydrogens (tertiary/aromatic N) is 1. The van der Waals surface area contributed by atoms with Gasteiger partial charge in [0.1, 0.15) is 5.75 Å². The van der Waals surface area contributed by atoms with E-state index in [-0.39, 0.29) is 23.4 Å². The van der Waals surface area contributed by atoms with Gasteiger partial charge in [-0.1, -0.05) is 24.6 Å². The molecule has 0 radical (unpaired) electrons. The molecule has 0 aromatic heterocycles. The summed E-state index contributed by atoms with van der Waals surface area (Å²) in [6.45, 7) is 5.92. The van der Waals surface area contributed by atoms with Crippen molar-refractivity contribution >= 4 is 15.9 Å². The quantitative estimate of drug-likeness (QED) is 0.732. The maximum atomic E-state index is 12.9. The molecule has 2 aromatic rings. The largest absolute Gasteiger partial charge is 0.496 e. The number of nitrogens with one attached hydrogen (secondary N) is 1. The molecule has 28 heavy (non-hydrogen) atoms. The summed E-state index contributed by atoms with van der Waals surface area (Å²) >= 11 is 0. The predicted molar refractivity (Wildman–Crippen MR) is 110 cm³/mol. The first-order valence-electron chi connectivity index (χ1n) is 9.19. The second-order valence-corrected chi connectivity index (χ2v) is 8.93. The number of rotatable bonds is 8. The van der Waals surface area contributed by atoms with Crippen molar-refractivity contribution in [1.29, 1.82) is 0 Å². The molecule has 0 heterocycles. The number of benzene rings is 2. The van der Waals surface area contributed by atoms with Gasteiger partial charge in [0, 0.05) is 30.8 Å². The second kappa shape index (κ2) is 9.21. The van der Waals surface area contributed by atoms with E-state index in [0.29, 0.717) is 16.9 Å². The summed E-state index contributed by atoms with van der Waals surface area (Å²) in [5.74, 6) is 0.341. The number of amides is 1. The fraction of sp³-hybridized carbons (Fsp3) is 0.381. The van der Waals surface area contributed by atoms with Crippen LogP contribution < -0.4 is 10.1 Å². The zero-order chi connectivity index (χ0) is 20.9. The van der Waals surface area contributed by atoms with E-state index < -0.39 is 10.0 Å². The maximum absolute atomic E-state index is 12.9. The van der Waals surface area contributed by atoms with Crippen LogP contribution in [0.5, 0.6) is 5.75 Å². The fourth-order valence-corrected chi connectivity index (χ4v) is 3.82. The summed E-state index contributed by atoms with van der Waals surface area (Å²) in [5, 5.41) is 2.91. The van der Waals surface area contributed by atoms with Crippen LogP contribution in [0.4, 0.5) is 0 Å². The lowest BCUT2D eigenvalue weighted by Gasteiger charge is -2.20. The molecule has 2 rings (SSSR count). The van der Waals surface area contributed by atoms with Crippen molar-refractivity contribution in [3.8, 4) is 5.75 Å². The van der Waals surface area contributed by atoms with E-state index in [4.69, 9.17) is 4.74 Å². The highest BCUT2D eigenvalue weighted by Gasteiger charge is 2.22. The Morgan fingerprint density at radius 2 is 1.82 bits per heavy atom. The third kappa shape index (κ3) is 5.11. The van der Waals surface area contributed by atoms with Gasteiger partial charge in [-0.2, -0.15) is 4.31 Å². The Bertz CT molecular complexity index is 924. The van der Waals surface area contributed by atoms with Gasteiger partial charge in [-0.15, -0.1) is 0 Å². The van der Waals surface area contributed by atoms with E-state index in [0.717, 1.165) is 12.0 Å². The van der Waals surface area contributed by atoms with Gasteiger partial charge in [0.05, 0.1) is 12.0 Å². The minimum Gasteiger partial charge on any atom is -0.496 e. The van der Waals surface area contributed by atoms with Gasteiger partial charge in [-0.05, 0) is 50.6 Å². The van der Waals surface area contributed by atoms with Crippen LogP contribution in [0, 0.1) is 6.92 Å². The van der Waals surface area contributed by atoms with E-state index in [9.17, 15) is 13.2 Å². The lowest BCUT2D eigenvalue weighted by molar-refractivity contribution is 0.0939. The molecule has 0 aliphatic rings. The van der Waals surface area contributed by atoms with Crippen LogP contribution in [0.25, 0.3) is 0 Å². The standard InChI is InChI=1S/C21H28N2O4S/c1-6-16(3)22-21(24)17-9-12-20(27-5)18(13-17)14-23(4)28(25,26)19-10-7-15(2)8-11-19/h7-13,16H,6,14H2,1-5H3,(H,22,24)/t16-/m0/s1. The molecule has 152 valence electrons. The third-order valence-electron chi connectivity index (χ3n) is 4.65. The summed E-state index contributed by atoms with van der Waals surface area (Å²) in [5.41, 5.74) is 2.08. The van der Waals surface area contributed by atoms with Crippen LogP contribution in [0.1, 0.15) is 41.8 Å². The molecule has 0 spiro atoms. The first-order chi connectivity index (χ1) is 13.2. The van der Waals surface area contributed by atoms with Gasteiger partial charge in [-0.3, -0.25) is 4.79 Å². The Kier molecular flexibility index (Phi) is 7.21. The van der Waals surface area contributed by atoms with Gasteiger partial charge in [0.15, 0.2) is 0 Å². The summed E-state index contributed by atoms with van der Waals surface area (Å²) in [6.07, 6.45) is 0.826. The molecule has 2 aromatic carbocycles. The van der Waals surface area contributed by atoms with Gasteiger partial charge < -0.3 is 10.1 Å². The van der Waals surface area contributed by atoms with Crippen LogP contribution in [0.2, 0.25) is 0 Å². The van der Waals surface area contributed by atoms with Crippen LogP contribution in [-0.2, 0) is 16.6 Å². The molecule has 1 N–H and O–H groups in total. The molecule has 0 fully saturated rings. The summed E-state index contributed by atoms with van der Waals surface area (Å²) in [6, 6.07) is 11.8. The first-order valence-corrected chi connectivity index (χ1v) is 10.6. The first kappa shape index (κ1) is 21.9. The monoisotopic (exact) mass is 404 g/mol. The van der Waals surface area contributed by atoms with E-state index in [2.05, 4.69) is 5.32 Å². The minimum atomic E-state index is -3.66. The van der Waals surface area contributed by atoms with Gasteiger partial charge >= 0.3 is 0 Å². The lowest BCUT2D eigenvalue weighted by Crippen LogP contribution is -2.32. The average Bonchev–Trinajstić information content (AvgIpc) is 2.67. The number of carbonyl (C=O) groups is 1. The second-order valence-electron chi connectivity index (χ2n) is 6.88. The number of aryl methyl sites for hydroxylation is 1. The van der Waals surface area contributed by atoms with Gasteiger partial charge in [-0.25, -0.2) is 8.42 Å². The molecule has 1 amide bonds. The average molecular weight is 405 g/mol. The topological polar surface area (TPSA) is 75.7 Å². The smallest absolute Gasteiger partial charge is 0.251 e. The minimum absolute atomic E-state index is 0.0580. The SMILES string of the molecule is CC[C@H](C)NC(=O)c1ccc(OC)c(CN(C)S(=O)(=O)c2ccc(C)cc2)c1. The molecule has 1 atom stereocenters. The highest BCUT2D eigenvalue weighted by molar-refractivity contribution is 7.89. The molecule has 6 nitrogen and oxygen atoms in total. The Labute approximate surface area is 167 Å². The van der Waals surface area contributed by atoms with Crippen molar-refractivity contribution in [2.45, 2.75) is 44.7 Å². The van der Waals surface area contributed by atoms with Crippen LogP contribution in [0.3, 0.4) is 0 Å². The van der Waals surface area contributed by atoms with E-state index >= 15 is 0 Å². The van der Waals surface area contributed by atoms with Crippen LogP contribution in [-0.4, -0.2) is 38.8 Å². The van der Waals surface area contributed by atoms with Crippen molar-refractivity contribution in [2.24, 2.45) is 0 Å². The summed E-state index contributed by atoms with van der Waals surface area (Å²) < 4.78 is 32.3. The molecule has 0 bridgehead atoms. The molecular weight excluding hydrogens is 376 g/mol. The predicted octanol–water partition coefficient (Wildman–Crippen LogP) is 3.35. The molecule has 0 saturated carbocycles. The highest BCUT2D eigenvalue weighted by atomic mass is 32.2. The Hall–Kier alpha value is -2.38. The van der Waals surface area contributed by atoms with Crippen molar-refractivity contribution in [3.63, 3.8) is 0 Å². The molecular formula is C21H28N2O4S. The Balaban J connectivity index is 2.29. The number of hydrogen-bond acceptors (Lipinski definition) is 4. The Morgan fingerprint density at radius 1 is 1.18 bits per heavy atom. The summed E-state index contributed by atoms with van der Waals surface area (Å²) in [7, 11) is -0.623. The Morgan fingerprint density at radius 3 is 2.39 bits per heavy atom. The van der Waals surface area contributed by atoms with Crippen LogP contribution in [0.15, 0.2) is 47.4 Å². The van der Waals surface area contributed by atoms with Gasteiger partial charge in [0.25, 0.3) is 5.91 Å². The zero-order valence-corrected chi connectivity index (χ0v) is 17.8. The van der Waals surface area contributed by atoms with E-state index in [1.54, 1.807) is 42.5 Å². The maximum Gasteiger partial charge on any atom is 0.251 e. The van der Waals surface area contributed by atoms with Crippen molar-refractivity contribution in [1.82, 2.24) is 9.62 Å². The van der Waals surface area contributed by atoms with Crippen LogP contribution >= 0.6 is 0 Å². The number of methoxy groups -OCH3 is 1. The number of ether oxygens (including phenoxy) is 1. The number of sulfonamides is 1. The normalized spacial score (nSPS) is 12.6. The van der Waals surface area contributed by atoms with Crippen molar-refractivity contribution < 1.29 is 17.9 Å². The molecule has 0 saturated heterocycles. The van der Waals surface area contributed by atoms with Gasteiger partial charge in [0.2, 0.25) is 10.0 Å². The fourth-order valence-electron chi connectivity index (χ4n) is 2.67. The number of carbonyl (C=O) groups excluding carboxylic acids is 1. The lowest BCUT2D eigenvalue weighted by atomic mass is 10.1. The molecule has 7 heteroatoms. The summed E-state index contributed by atoms with van der Waals surface area (Å²) in [4.78, 5) is 12.6. The third-order valence-corrected chi connectivity index (χ3v) is 6.47. The molecule has 0 unspecified atom stereocenters. The van der Waals surface area contributed by atoms with E-state index in [1.807, 2.05) is 20.8 Å². The van der Waals surface area contributed by atoms with E-state index in [1.165, 1.54) is 18.5 Å². The number of hydrogen-bond donors (Lipinski definition) is 1. The molecule has 0 aliphatic carbocycles. The zero-order valence-electron chi connectivity index (χ0n) is 17.0. The van der Waals surface area contributed by atoms with Crippen molar-refractivity contribution in [2.75, 3.05) is 14.2 Å².